The molecule has 1 aromatic heterocycles. The number of para-hydroxylation sites is 1. The van der Waals surface area contributed by atoms with E-state index in [-0.39, 0.29) is 0 Å². The zero-order valence-corrected chi connectivity index (χ0v) is 12.8. The van der Waals surface area contributed by atoms with E-state index in [2.05, 4.69) is 32.6 Å². The van der Waals surface area contributed by atoms with Gasteiger partial charge in [-0.15, -0.1) is 0 Å². The summed E-state index contributed by atoms with van der Waals surface area (Å²) in [5.74, 6) is 1.71. The lowest BCUT2D eigenvalue weighted by atomic mass is 10.2. The first kappa shape index (κ1) is 14.0. The maximum Gasteiger partial charge on any atom is 0.165 e. The lowest BCUT2D eigenvalue weighted by molar-refractivity contribution is 0.181. The first-order valence-corrected chi connectivity index (χ1v) is 6.69. The first-order chi connectivity index (χ1) is 9.17. The lowest BCUT2D eigenvalue weighted by Crippen LogP contribution is -2.06. The third-order valence-electron chi connectivity index (χ3n) is 2.57. The van der Waals surface area contributed by atoms with E-state index in [1.165, 1.54) is 0 Å². The molecule has 0 unspecified atom stereocenters. The number of hydrogen-bond donors (Lipinski definition) is 1. The standard InChI is InChI=1S/C13H14IN3O2/c1-18-7-9-11(14)12(15)17-13(16-9)8-5-3-4-6-10(8)19-2/h3-6H,7H2,1-2H3,(H2,15,16,17). The highest BCUT2D eigenvalue weighted by Gasteiger charge is 2.14. The molecule has 19 heavy (non-hydrogen) atoms. The summed E-state index contributed by atoms with van der Waals surface area (Å²) in [5, 5.41) is 0. The highest BCUT2D eigenvalue weighted by molar-refractivity contribution is 14.1. The van der Waals surface area contributed by atoms with Crippen LogP contribution < -0.4 is 10.5 Å². The van der Waals surface area contributed by atoms with Crippen molar-refractivity contribution in [2.75, 3.05) is 20.0 Å². The second-order valence-electron chi connectivity index (χ2n) is 3.83. The van der Waals surface area contributed by atoms with Crippen LogP contribution >= 0.6 is 22.6 Å². The van der Waals surface area contributed by atoms with E-state index in [9.17, 15) is 0 Å². The van der Waals surface area contributed by atoms with Crippen LogP contribution in [0.25, 0.3) is 11.4 Å². The summed E-state index contributed by atoms with van der Waals surface area (Å²) >= 11 is 2.12. The number of ether oxygens (including phenoxy) is 2. The van der Waals surface area contributed by atoms with E-state index in [1.807, 2.05) is 24.3 Å². The van der Waals surface area contributed by atoms with Gasteiger partial charge in [0.1, 0.15) is 11.6 Å². The molecule has 1 heterocycles. The third kappa shape index (κ3) is 2.95. The molecule has 0 aliphatic rings. The zero-order valence-electron chi connectivity index (χ0n) is 10.7. The van der Waals surface area contributed by atoms with Gasteiger partial charge in [-0.2, -0.15) is 0 Å². The van der Waals surface area contributed by atoms with Crippen LogP contribution in [0.5, 0.6) is 5.75 Å². The normalized spacial score (nSPS) is 10.5. The molecule has 6 heteroatoms. The molecule has 0 aliphatic carbocycles. The number of nitrogens with zero attached hydrogens (tertiary/aromatic N) is 2. The molecular weight excluding hydrogens is 357 g/mol. The number of nitrogens with two attached hydrogens (primary N) is 1. The van der Waals surface area contributed by atoms with Crippen LogP contribution in [0, 0.1) is 3.57 Å². The molecule has 0 radical (unpaired) electrons. The van der Waals surface area contributed by atoms with Crippen molar-refractivity contribution in [3.05, 3.63) is 33.5 Å². The summed E-state index contributed by atoms with van der Waals surface area (Å²) in [7, 11) is 3.24. The van der Waals surface area contributed by atoms with Crippen molar-refractivity contribution in [2.45, 2.75) is 6.61 Å². The Hall–Kier alpha value is -1.41. The Kier molecular flexibility index (Phi) is 4.54. The van der Waals surface area contributed by atoms with Gasteiger partial charge in [0.25, 0.3) is 0 Å². The van der Waals surface area contributed by atoms with Gasteiger partial charge in [0.2, 0.25) is 0 Å². The molecule has 2 N–H and O–H groups in total. The molecular formula is C13H14IN3O2. The number of nitrogen functional groups attached to an aromatic ring is 1. The van der Waals surface area contributed by atoms with Gasteiger partial charge in [-0.3, -0.25) is 0 Å². The molecule has 2 rings (SSSR count). The van der Waals surface area contributed by atoms with E-state index in [0.29, 0.717) is 24.0 Å². The first-order valence-electron chi connectivity index (χ1n) is 5.61. The van der Waals surface area contributed by atoms with E-state index < -0.39 is 0 Å². The smallest absolute Gasteiger partial charge is 0.165 e. The van der Waals surface area contributed by atoms with Crippen LogP contribution in [-0.4, -0.2) is 24.2 Å². The molecule has 0 spiro atoms. The predicted molar refractivity (Wildman–Crippen MR) is 81.9 cm³/mol. The van der Waals surface area contributed by atoms with E-state index in [4.69, 9.17) is 15.2 Å². The summed E-state index contributed by atoms with van der Waals surface area (Å²) in [6.45, 7) is 0.396. The molecule has 2 aromatic rings. The van der Waals surface area contributed by atoms with Gasteiger partial charge >= 0.3 is 0 Å². The van der Waals surface area contributed by atoms with Crippen molar-refractivity contribution < 1.29 is 9.47 Å². The van der Waals surface area contributed by atoms with Crippen molar-refractivity contribution in [2.24, 2.45) is 0 Å². The highest BCUT2D eigenvalue weighted by Crippen LogP contribution is 2.29. The molecule has 0 saturated heterocycles. The van der Waals surface area contributed by atoms with Gasteiger partial charge in [0.05, 0.1) is 28.5 Å². The molecule has 0 amide bonds. The fourth-order valence-electron chi connectivity index (χ4n) is 1.70. The Labute approximate surface area is 125 Å². The third-order valence-corrected chi connectivity index (χ3v) is 3.75. The van der Waals surface area contributed by atoms with E-state index in [0.717, 1.165) is 14.8 Å². The summed E-state index contributed by atoms with van der Waals surface area (Å²) in [6.07, 6.45) is 0. The molecule has 0 bridgehead atoms. The van der Waals surface area contributed by atoms with Crippen LogP contribution in [0.4, 0.5) is 5.82 Å². The fraction of sp³-hybridized carbons (Fsp3) is 0.231. The van der Waals surface area contributed by atoms with Crippen LogP contribution in [0.2, 0.25) is 0 Å². The van der Waals surface area contributed by atoms with Crippen molar-refractivity contribution in [1.29, 1.82) is 0 Å². The fourth-order valence-corrected chi connectivity index (χ4v) is 2.09. The van der Waals surface area contributed by atoms with Crippen molar-refractivity contribution in [3.63, 3.8) is 0 Å². The van der Waals surface area contributed by atoms with E-state index >= 15 is 0 Å². The zero-order chi connectivity index (χ0) is 13.8. The second kappa shape index (κ2) is 6.16. The van der Waals surface area contributed by atoms with Crippen LogP contribution in [-0.2, 0) is 11.3 Å². The Morgan fingerprint density at radius 1 is 1.21 bits per heavy atom. The maximum absolute atomic E-state index is 5.93. The molecule has 1 aromatic carbocycles. The predicted octanol–water partition coefficient (Wildman–Crippen LogP) is 2.49. The summed E-state index contributed by atoms with van der Waals surface area (Å²) in [5.41, 5.74) is 7.51. The number of hydrogen-bond acceptors (Lipinski definition) is 5. The topological polar surface area (TPSA) is 70.3 Å². The summed E-state index contributed by atoms with van der Waals surface area (Å²) in [6, 6.07) is 7.57. The van der Waals surface area contributed by atoms with Gasteiger partial charge in [-0.25, -0.2) is 9.97 Å². The average molecular weight is 371 g/mol. The summed E-state index contributed by atoms with van der Waals surface area (Å²) < 4.78 is 11.3. The van der Waals surface area contributed by atoms with Gasteiger partial charge in [-0.05, 0) is 34.7 Å². The quantitative estimate of drug-likeness (QED) is 0.837. The minimum Gasteiger partial charge on any atom is -0.496 e. The number of rotatable bonds is 4. The molecule has 0 aliphatic heterocycles. The second-order valence-corrected chi connectivity index (χ2v) is 4.91. The van der Waals surface area contributed by atoms with Crippen molar-refractivity contribution >= 4 is 28.4 Å². The maximum atomic E-state index is 5.93. The largest absolute Gasteiger partial charge is 0.496 e. The van der Waals surface area contributed by atoms with Crippen molar-refractivity contribution in [3.8, 4) is 17.1 Å². The number of methoxy groups -OCH3 is 2. The molecule has 0 saturated carbocycles. The minimum atomic E-state index is 0.396. The Balaban J connectivity index is 2.56. The Morgan fingerprint density at radius 2 is 1.95 bits per heavy atom. The van der Waals surface area contributed by atoms with Gasteiger partial charge in [-0.1, -0.05) is 12.1 Å². The number of benzene rings is 1. The SMILES string of the molecule is COCc1nc(-c2ccccc2OC)nc(N)c1I. The minimum absolute atomic E-state index is 0.396. The number of anilines is 1. The molecule has 0 atom stereocenters. The van der Waals surface area contributed by atoms with Crippen LogP contribution in [0.15, 0.2) is 24.3 Å². The number of halogens is 1. The summed E-state index contributed by atoms with van der Waals surface area (Å²) in [4.78, 5) is 8.82. The molecule has 0 fully saturated rings. The Morgan fingerprint density at radius 3 is 2.63 bits per heavy atom. The van der Waals surface area contributed by atoms with Crippen molar-refractivity contribution in [1.82, 2.24) is 9.97 Å². The average Bonchev–Trinajstić information content (AvgIpc) is 2.43. The van der Waals surface area contributed by atoms with Gasteiger partial charge in [0.15, 0.2) is 5.82 Å². The van der Waals surface area contributed by atoms with E-state index in [1.54, 1.807) is 14.2 Å². The monoisotopic (exact) mass is 371 g/mol. The molecule has 5 nitrogen and oxygen atoms in total. The molecule has 100 valence electrons. The van der Waals surface area contributed by atoms with Crippen LogP contribution in [0.1, 0.15) is 5.69 Å². The lowest BCUT2D eigenvalue weighted by Gasteiger charge is -2.11. The highest BCUT2D eigenvalue weighted by atomic mass is 127. The Bertz CT molecular complexity index is 590. The number of aromatic nitrogens is 2. The van der Waals surface area contributed by atoms with Gasteiger partial charge < -0.3 is 15.2 Å². The van der Waals surface area contributed by atoms with Crippen LogP contribution in [0.3, 0.4) is 0 Å². The van der Waals surface area contributed by atoms with Gasteiger partial charge in [0, 0.05) is 7.11 Å².